The van der Waals surface area contributed by atoms with E-state index in [0.29, 0.717) is 12.2 Å². The first-order valence-corrected chi connectivity index (χ1v) is 9.15. The summed E-state index contributed by atoms with van der Waals surface area (Å²) in [5, 5.41) is 10.7. The van der Waals surface area contributed by atoms with Crippen LogP contribution in [0.3, 0.4) is 0 Å². The number of ether oxygens (including phenoxy) is 1. The lowest BCUT2D eigenvalue weighted by atomic mass is 9.67. The Morgan fingerprint density at radius 1 is 1.33 bits per heavy atom. The second kappa shape index (κ2) is 6.62. The van der Waals surface area contributed by atoms with E-state index < -0.39 is 0 Å². The van der Waals surface area contributed by atoms with Gasteiger partial charge in [0.15, 0.2) is 0 Å². The maximum absolute atomic E-state index is 11.2. The minimum Gasteiger partial charge on any atom is -0.508 e. The van der Waals surface area contributed by atoms with Crippen molar-refractivity contribution in [3.63, 3.8) is 0 Å². The lowest BCUT2D eigenvalue weighted by Gasteiger charge is -2.46. The minimum absolute atomic E-state index is 0.152. The molecular weight excluding hydrogens is 300 g/mol. The summed E-state index contributed by atoms with van der Waals surface area (Å²) in [4.78, 5) is 11.2. The third-order valence-electron chi connectivity index (χ3n) is 5.61. The number of benzene rings is 1. The van der Waals surface area contributed by atoms with Gasteiger partial charge in [-0.05, 0) is 62.8 Å². The first kappa shape index (κ1) is 17.1. The standard InChI is InChI=1S/C21H28O3/c1-4-5-6-7-14-11-18(23)20-16-10-15(13-22)8-9-17(16)21(2,3)24-19(20)12-14/h8,11-13,16-17,23H,4-7,9-10H2,1-3H3/t16?,17-/m1/s1. The highest BCUT2D eigenvalue weighted by atomic mass is 16.5. The van der Waals surface area contributed by atoms with Crippen molar-refractivity contribution in [1.29, 1.82) is 0 Å². The molecule has 3 rings (SSSR count). The van der Waals surface area contributed by atoms with Crippen LogP contribution < -0.4 is 4.74 Å². The Balaban J connectivity index is 1.97. The van der Waals surface area contributed by atoms with Gasteiger partial charge in [0.05, 0.1) is 0 Å². The summed E-state index contributed by atoms with van der Waals surface area (Å²) in [6.45, 7) is 6.43. The number of phenolic OH excluding ortho intramolecular Hbond substituents is 1. The normalized spacial score (nSPS) is 24.4. The molecule has 1 N–H and O–H groups in total. The molecule has 24 heavy (non-hydrogen) atoms. The lowest BCUT2D eigenvalue weighted by Crippen LogP contribution is -2.45. The number of fused-ring (bicyclic) bond motifs is 3. The summed E-state index contributed by atoms with van der Waals surface area (Å²) in [6, 6.07) is 3.99. The molecule has 1 aliphatic carbocycles. The van der Waals surface area contributed by atoms with Crippen LogP contribution in [0.25, 0.3) is 0 Å². The number of unbranched alkanes of at least 4 members (excludes halogenated alkanes) is 2. The Morgan fingerprint density at radius 2 is 2.12 bits per heavy atom. The smallest absolute Gasteiger partial charge is 0.145 e. The largest absolute Gasteiger partial charge is 0.508 e. The van der Waals surface area contributed by atoms with Gasteiger partial charge in [0, 0.05) is 17.4 Å². The third-order valence-corrected chi connectivity index (χ3v) is 5.61. The van der Waals surface area contributed by atoms with Crippen LogP contribution in [-0.4, -0.2) is 17.0 Å². The van der Waals surface area contributed by atoms with Gasteiger partial charge in [-0.3, -0.25) is 4.79 Å². The molecular formula is C21H28O3. The zero-order valence-corrected chi connectivity index (χ0v) is 15.0. The van der Waals surface area contributed by atoms with Crippen LogP contribution >= 0.6 is 0 Å². The summed E-state index contributed by atoms with van der Waals surface area (Å²) < 4.78 is 6.31. The molecule has 0 spiro atoms. The number of aryl methyl sites for hydroxylation is 1. The summed E-state index contributed by atoms with van der Waals surface area (Å²) in [7, 11) is 0. The summed E-state index contributed by atoms with van der Waals surface area (Å²) in [5.41, 5.74) is 2.57. The molecule has 0 radical (unpaired) electrons. The average Bonchev–Trinajstić information content (AvgIpc) is 2.53. The minimum atomic E-state index is -0.295. The third kappa shape index (κ3) is 3.09. The molecule has 2 atom stereocenters. The van der Waals surface area contributed by atoms with Gasteiger partial charge in [-0.25, -0.2) is 0 Å². The fourth-order valence-corrected chi connectivity index (χ4v) is 4.30. The lowest BCUT2D eigenvalue weighted by molar-refractivity contribution is -0.105. The maximum atomic E-state index is 11.2. The van der Waals surface area contributed by atoms with E-state index >= 15 is 0 Å². The second-order valence-electron chi connectivity index (χ2n) is 7.74. The topological polar surface area (TPSA) is 46.5 Å². The number of hydrogen-bond acceptors (Lipinski definition) is 3. The van der Waals surface area contributed by atoms with Crippen molar-refractivity contribution in [1.82, 2.24) is 0 Å². The highest BCUT2D eigenvalue weighted by Crippen LogP contribution is 2.54. The van der Waals surface area contributed by atoms with E-state index in [1.54, 1.807) is 0 Å². The SMILES string of the molecule is CCCCCc1cc(O)c2c(c1)OC(C)(C)[C@@H]1CC=C(C=O)CC21. The molecule has 1 heterocycles. The number of carbonyl (C=O) groups excluding carboxylic acids is 1. The van der Waals surface area contributed by atoms with Crippen molar-refractivity contribution in [3.8, 4) is 11.5 Å². The van der Waals surface area contributed by atoms with E-state index in [0.717, 1.165) is 48.0 Å². The number of allylic oxidation sites excluding steroid dienone is 2. The van der Waals surface area contributed by atoms with E-state index in [1.165, 1.54) is 12.8 Å². The number of aromatic hydroxyl groups is 1. The Hall–Kier alpha value is -1.77. The van der Waals surface area contributed by atoms with E-state index in [4.69, 9.17) is 4.74 Å². The molecule has 1 unspecified atom stereocenters. The van der Waals surface area contributed by atoms with Crippen LogP contribution in [0.2, 0.25) is 0 Å². The zero-order valence-electron chi connectivity index (χ0n) is 15.0. The van der Waals surface area contributed by atoms with Gasteiger partial charge in [-0.1, -0.05) is 25.8 Å². The molecule has 1 aromatic rings. The van der Waals surface area contributed by atoms with Crippen LogP contribution in [0, 0.1) is 5.92 Å². The molecule has 3 heteroatoms. The maximum Gasteiger partial charge on any atom is 0.145 e. The Bertz CT molecular complexity index is 657. The first-order valence-electron chi connectivity index (χ1n) is 9.15. The summed E-state index contributed by atoms with van der Waals surface area (Å²) >= 11 is 0. The van der Waals surface area contributed by atoms with Gasteiger partial charge < -0.3 is 9.84 Å². The number of aldehydes is 1. The van der Waals surface area contributed by atoms with Gasteiger partial charge in [-0.2, -0.15) is 0 Å². The average molecular weight is 328 g/mol. The fraction of sp³-hybridized carbons (Fsp3) is 0.571. The summed E-state index contributed by atoms with van der Waals surface area (Å²) in [6.07, 6.45) is 8.97. The molecule has 1 aromatic carbocycles. The number of carbonyl (C=O) groups is 1. The number of hydrogen-bond donors (Lipinski definition) is 1. The molecule has 0 bridgehead atoms. The van der Waals surface area contributed by atoms with Crippen LogP contribution in [0.1, 0.15) is 69.9 Å². The zero-order chi connectivity index (χ0) is 17.3. The van der Waals surface area contributed by atoms with Crippen molar-refractivity contribution in [2.24, 2.45) is 5.92 Å². The monoisotopic (exact) mass is 328 g/mol. The Morgan fingerprint density at radius 3 is 2.83 bits per heavy atom. The Kier molecular flexibility index (Phi) is 4.71. The van der Waals surface area contributed by atoms with Crippen LogP contribution in [0.4, 0.5) is 0 Å². The van der Waals surface area contributed by atoms with Crippen molar-refractivity contribution in [3.05, 3.63) is 34.9 Å². The van der Waals surface area contributed by atoms with Crippen molar-refractivity contribution >= 4 is 6.29 Å². The van der Waals surface area contributed by atoms with Crippen molar-refractivity contribution in [2.45, 2.75) is 70.8 Å². The molecule has 0 saturated heterocycles. The molecule has 0 aromatic heterocycles. The quantitative estimate of drug-likeness (QED) is 0.617. The van der Waals surface area contributed by atoms with Crippen LogP contribution in [0.15, 0.2) is 23.8 Å². The predicted octanol–water partition coefficient (Wildman–Crippen LogP) is 4.91. The first-order chi connectivity index (χ1) is 11.5. The fourth-order valence-electron chi connectivity index (χ4n) is 4.30. The van der Waals surface area contributed by atoms with E-state index in [2.05, 4.69) is 26.8 Å². The van der Waals surface area contributed by atoms with Crippen LogP contribution in [-0.2, 0) is 11.2 Å². The number of rotatable bonds is 5. The number of phenols is 1. The highest BCUT2D eigenvalue weighted by Gasteiger charge is 2.46. The molecule has 130 valence electrons. The highest BCUT2D eigenvalue weighted by molar-refractivity contribution is 5.74. The van der Waals surface area contributed by atoms with Gasteiger partial charge in [0.2, 0.25) is 0 Å². The van der Waals surface area contributed by atoms with E-state index in [-0.39, 0.29) is 17.4 Å². The molecule has 3 nitrogen and oxygen atoms in total. The van der Waals surface area contributed by atoms with Gasteiger partial charge in [-0.15, -0.1) is 0 Å². The van der Waals surface area contributed by atoms with Gasteiger partial charge >= 0.3 is 0 Å². The van der Waals surface area contributed by atoms with Gasteiger partial charge in [0.25, 0.3) is 0 Å². The predicted molar refractivity (Wildman–Crippen MR) is 95.7 cm³/mol. The Labute approximate surface area is 144 Å². The van der Waals surface area contributed by atoms with Crippen molar-refractivity contribution < 1.29 is 14.6 Å². The van der Waals surface area contributed by atoms with E-state index in [9.17, 15) is 9.90 Å². The molecule has 2 aliphatic rings. The molecule has 0 fully saturated rings. The van der Waals surface area contributed by atoms with Crippen molar-refractivity contribution in [2.75, 3.05) is 0 Å². The van der Waals surface area contributed by atoms with E-state index in [1.807, 2.05) is 12.1 Å². The molecule has 0 amide bonds. The second-order valence-corrected chi connectivity index (χ2v) is 7.74. The summed E-state index contributed by atoms with van der Waals surface area (Å²) in [5.74, 6) is 1.57. The molecule has 1 aliphatic heterocycles. The van der Waals surface area contributed by atoms with Gasteiger partial charge in [0.1, 0.15) is 23.4 Å². The molecule has 0 saturated carbocycles. The van der Waals surface area contributed by atoms with Crippen LogP contribution in [0.5, 0.6) is 11.5 Å².